The maximum Gasteiger partial charge on any atom is 0.253 e. The summed E-state index contributed by atoms with van der Waals surface area (Å²) in [4.78, 5) is 33.9. The van der Waals surface area contributed by atoms with Crippen LogP contribution in [-0.2, 0) is 11.2 Å². The number of hydrogen-bond donors (Lipinski definition) is 2. The van der Waals surface area contributed by atoms with Gasteiger partial charge in [-0.1, -0.05) is 41.4 Å². The second-order valence-corrected chi connectivity index (χ2v) is 9.88. The van der Waals surface area contributed by atoms with E-state index >= 15 is 0 Å². The summed E-state index contributed by atoms with van der Waals surface area (Å²) < 4.78 is 0. The predicted molar refractivity (Wildman–Crippen MR) is 129 cm³/mol. The van der Waals surface area contributed by atoms with E-state index in [0.29, 0.717) is 28.6 Å². The zero-order chi connectivity index (χ0) is 23.4. The van der Waals surface area contributed by atoms with Crippen LogP contribution in [0.25, 0.3) is 10.9 Å². The van der Waals surface area contributed by atoms with Crippen LogP contribution >= 0.6 is 23.2 Å². The molecule has 0 radical (unpaired) electrons. The monoisotopic (exact) mass is 485 g/mol. The number of fused-ring (bicyclic) bond motifs is 5. The molecule has 172 valence electrons. The minimum Gasteiger partial charge on any atom is -0.393 e. The number of benzene rings is 2. The predicted octanol–water partition coefficient (Wildman–Crippen LogP) is 4.44. The lowest BCUT2D eigenvalue weighted by Gasteiger charge is -2.48. The fourth-order valence-electron chi connectivity index (χ4n) is 5.52. The van der Waals surface area contributed by atoms with Crippen LogP contribution in [0.3, 0.4) is 0 Å². The van der Waals surface area contributed by atoms with E-state index in [1.54, 1.807) is 37.1 Å². The molecular weight excluding hydrogens is 461 g/mol. The van der Waals surface area contributed by atoms with E-state index in [1.807, 2.05) is 23.1 Å². The first-order valence-electron chi connectivity index (χ1n) is 11.1. The molecule has 4 atom stereocenters. The number of amides is 2. The molecule has 2 amide bonds. The summed E-state index contributed by atoms with van der Waals surface area (Å²) in [5, 5.41) is 12.5. The lowest BCUT2D eigenvalue weighted by molar-refractivity contribution is -0.151. The summed E-state index contributed by atoms with van der Waals surface area (Å²) in [6, 6.07) is 12.2. The Balaban J connectivity index is 1.54. The normalized spacial score (nSPS) is 23.2. The minimum absolute atomic E-state index is 0.126. The van der Waals surface area contributed by atoms with Gasteiger partial charge in [0.15, 0.2) is 0 Å². The molecule has 2 aliphatic rings. The second kappa shape index (κ2) is 8.35. The van der Waals surface area contributed by atoms with Gasteiger partial charge in [0, 0.05) is 51.8 Å². The fourth-order valence-corrected chi connectivity index (χ4v) is 6.04. The molecule has 2 N–H and O–H groups in total. The largest absolute Gasteiger partial charge is 0.393 e. The molecule has 2 aliphatic heterocycles. The van der Waals surface area contributed by atoms with Crippen molar-refractivity contribution < 1.29 is 14.7 Å². The van der Waals surface area contributed by atoms with Gasteiger partial charge in [0.2, 0.25) is 5.91 Å². The lowest BCUT2D eigenvalue weighted by Crippen LogP contribution is -2.59. The summed E-state index contributed by atoms with van der Waals surface area (Å²) in [5.74, 6) is -1.13. The van der Waals surface area contributed by atoms with Gasteiger partial charge in [-0.3, -0.25) is 9.59 Å². The molecule has 2 aromatic carbocycles. The lowest BCUT2D eigenvalue weighted by atomic mass is 9.79. The number of H-pyrrole nitrogens is 1. The van der Waals surface area contributed by atoms with Crippen LogP contribution in [0.15, 0.2) is 42.5 Å². The average molecular weight is 486 g/mol. The third-order valence-corrected chi connectivity index (χ3v) is 7.49. The van der Waals surface area contributed by atoms with Crippen molar-refractivity contribution in [3.8, 4) is 0 Å². The number of carbonyl (C=O) groups excluding carboxylic acids is 2. The molecule has 33 heavy (non-hydrogen) atoms. The molecule has 0 saturated carbocycles. The van der Waals surface area contributed by atoms with Gasteiger partial charge in [-0.2, -0.15) is 0 Å². The Morgan fingerprint density at radius 3 is 2.61 bits per heavy atom. The van der Waals surface area contributed by atoms with E-state index in [2.05, 4.69) is 11.1 Å². The summed E-state index contributed by atoms with van der Waals surface area (Å²) in [7, 11) is 1.68. The first-order chi connectivity index (χ1) is 15.8. The molecule has 0 spiro atoms. The SMILES string of the molecule is C[C@H](O)[C@@H]1C(=O)N2CCc3c([nH]c4ccccc34)[C@@H]2C[C@@H]1N(C)C(=O)c1cc(Cl)cc(Cl)c1. The third kappa shape index (κ3) is 3.70. The van der Waals surface area contributed by atoms with Crippen LogP contribution in [0.2, 0.25) is 10.0 Å². The molecule has 1 aromatic heterocycles. The van der Waals surface area contributed by atoms with Crippen molar-refractivity contribution in [3.05, 3.63) is 69.3 Å². The zero-order valence-corrected chi connectivity index (χ0v) is 19.9. The molecule has 1 fully saturated rings. The smallest absolute Gasteiger partial charge is 0.253 e. The topological polar surface area (TPSA) is 76.6 Å². The molecule has 0 aliphatic carbocycles. The number of halogens is 2. The van der Waals surface area contributed by atoms with Crippen LogP contribution in [0, 0.1) is 5.92 Å². The fraction of sp³-hybridized carbons (Fsp3) is 0.360. The van der Waals surface area contributed by atoms with Crippen molar-refractivity contribution in [2.45, 2.75) is 38.0 Å². The van der Waals surface area contributed by atoms with Crippen LogP contribution in [0.1, 0.15) is 41.0 Å². The molecule has 3 aromatic rings. The molecule has 3 heterocycles. The molecule has 5 rings (SSSR count). The van der Waals surface area contributed by atoms with E-state index in [-0.39, 0.29) is 17.9 Å². The quantitative estimate of drug-likeness (QED) is 0.575. The van der Waals surface area contributed by atoms with Gasteiger partial charge in [0.1, 0.15) is 0 Å². The Bertz CT molecular complexity index is 1230. The first kappa shape index (κ1) is 22.3. The maximum absolute atomic E-state index is 13.6. The van der Waals surface area contributed by atoms with Crippen LogP contribution < -0.4 is 0 Å². The Kier molecular flexibility index (Phi) is 5.63. The Labute approximate surface area is 202 Å². The Morgan fingerprint density at radius 1 is 1.21 bits per heavy atom. The highest BCUT2D eigenvalue weighted by molar-refractivity contribution is 6.35. The zero-order valence-electron chi connectivity index (χ0n) is 18.4. The highest BCUT2D eigenvalue weighted by Gasteiger charge is 2.49. The van der Waals surface area contributed by atoms with Crippen molar-refractivity contribution in [1.29, 1.82) is 0 Å². The molecule has 8 heteroatoms. The molecule has 0 unspecified atom stereocenters. The van der Waals surface area contributed by atoms with Gasteiger partial charge >= 0.3 is 0 Å². The molecule has 6 nitrogen and oxygen atoms in total. The second-order valence-electron chi connectivity index (χ2n) is 9.00. The third-order valence-electron chi connectivity index (χ3n) is 7.05. The number of rotatable bonds is 3. The summed E-state index contributed by atoms with van der Waals surface area (Å²) in [5.41, 5.74) is 3.65. The van der Waals surface area contributed by atoms with Crippen LogP contribution in [0.5, 0.6) is 0 Å². The van der Waals surface area contributed by atoms with Crippen molar-refractivity contribution in [3.63, 3.8) is 0 Å². The highest BCUT2D eigenvalue weighted by Crippen LogP contribution is 2.43. The number of nitrogens with zero attached hydrogens (tertiary/aromatic N) is 2. The number of aliphatic hydroxyl groups is 1. The van der Waals surface area contributed by atoms with Gasteiger partial charge in [-0.25, -0.2) is 0 Å². The standard InChI is InChI=1S/C25H25Cl2N3O3/c1-13(31)22-20(29(2)24(32)14-9-15(26)11-16(27)10-14)12-21-23-18(7-8-30(21)25(22)33)17-5-3-4-6-19(17)28-23/h3-6,9-11,13,20-22,28,31H,7-8,12H2,1-2H3/t13-,20-,21-,22-/m0/s1. The van der Waals surface area contributed by atoms with Crippen molar-refractivity contribution in [2.75, 3.05) is 13.6 Å². The number of aromatic amines is 1. The van der Waals surface area contributed by atoms with E-state index in [9.17, 15) is 14.7 Å². The van der Waals surface area contributed by atoms with Gasteiger partial charge in [0.25, 0.3) is 5.91 Å². The number of para-hydroxylation sites is 1. The number of carbonyl (C=O) groups is 2. The van der Waals surface area contributed by atoms with E-state index in [4.69, 9.17) is 23.2 Å². The summed E-state index contributed by atoms with van der Waals surface area (Å²) in [6.45, 7) is 2.21. The van der Waals surface area contributed by atoms with Gasteiger partial charge < -0.3 is 19.9 Å². The summed E-state index contributed by atoms with van der Waals surface area (Å²) >= 11 is 12.2. The molecule has 1 saturated heterocycles. The molecular formula is C25H25Cl2N3O3. The average Bonchev–Trinajstić information content (AvgIpc) is 3.16. The van der Waals surface area contributed by atoms with Gasteiger partial charge in [0.05, 0.1) is 18.1 Å². The van der Waals surface area contributed by atoms with Crippen molar-refractivity contribution in [1.82, 2.24) is 14.8 Å². The Hall–Kier alpha value is -2.54. The number of piperidine rings is 1. The van der Waals surface area contributed by atoms with E-state index in [1.165, 1.54) is 10.9 Å². The van der Waals surface area contributed by atoms with Crippen LogP contribution in [0.4, 0.5) is 0 Å². The highest BCUT2D eigenvalue weighted by atomic mass is 35.5. The first-order valence-corrected chi connectivity index (χ1v) is 11.8. The molecule has 0 bridgehead atoms. The van der Waals surface area contributed by atoms with E-state index in [0.717, 1.165) is 17.6 Å². The maximum atomic E-state index is 13.6. The number of hydrogen-bond acceptors (Lipinski definition) is 3. The van der Waals surface area contributed by atoms with Crippen molar-refractivity contribution >= 4 is 45.9 Å². The number of aliphatic hydroxyl groups excluding tert-OH is 1. The minimum atomic E-state index is -0.897. The summed E-state index contributed by atoms with van der Waals surface area (Å²) in [6.07, 6.45) is 0.387. The van der Waals surface area contributed by atoms with Crippen molar-refractivity contribution in [2.24, 2.45) is 5.92 Å². The van der Waals surface area contributed by atoms with Gasteiger partial charge in [-0.15, -0.1) is 0 Å². The Morgan fingerprint density at radius 2 is 1.91 bits per heavy atom. The van der Waals surface area contributed by atoms with E-state index < -0.39 is 18.1 Å². The van der Waals surface area contributed by atoms with Gasteiger partial charge in [-0.05, 0) is 49.6 Å². The van der Waals surface area contributed by atoms with Crippen LogP contribution in [-0.4, -0.2) is 57.4 Å². The number of nitrogens with one attached hydrogen (secondary N) is 1. The number of aromatic nitrogens is 1.